The number of hydrogen-bond donors (Lipinski definition) is 3. The van der Waals surface area contributed by atoms with E-state index in [1.807, 2.05) is 0 Å². The molecule has 2 unspecified atom stereocenters. The Balaban J connectivity index is 2.36. The Bertz CT molecular complexity index is 116. The average Bonchev–Trinajstić information content (AvgIpc) is 2.33. The second-order valence-electron chi connectivity index (χ2n) is 3.53. The summed E-state index contributed by atoms with van der Waals surface area (Å²) in [7, 11) is 0. The minimum atomic E-state index is -0.488. The first-order valence-electron chi connectivity index (χ1n) is 4.98. The summed E-state index contributed by atoms with van der Waals surface area (Å²) in [6, 6.07) is 0.926. The normalized spacial score (nSPS) is 35.8. The van der Waals surface area contributed by atoms with Crippen LogP contribution in [0.3, 0.4) is 0 Å². The molecule has 1 fully saturated rings. The fraction of sp³-hybridized carbons (Fsp3) is 1.00. The van der Waals surface area contributed by atoms with Crippen molar-refractivity contribution in [1.29, 1.82) is 0 Å². The highest BCUT2D eigenvalue weighted by Gasteiger charge is 2.29. The van der Waals surface area contributed by atoms with Crippen LogP contribution in [-0.2, 0) is 0 Å². The maximum Gasteiger partial charge on any atom is 0.161 e. The summed E-state index contributed by atoms with van der Waals surface area (Å²) in [5, 5.41) is 15.6. The molecular weight excluding hydrogens is 152 g/mol. The zero-order valence-electron chi connectivity index (χ0n) is 8.01. The Kier molecular flexibility index (Phi) is 3.98. The molecule has 3 nitrogen and oxygen atoms in total. The molecule has 0 aromatic rings. The van der Waals surface area contributed by atoms with Crippen LogP contribution in [0.1, 0.15) is 39.5 Å². The first-order valence-corrected chi connectivity index (χ1v) is 4.98. The number of aliphatic hydroxyl groups is 1. The molecule has 1 aliphatic heterocycles. The lowest BCUT2D eigenvalue weighted by Gasteiger charge is -2.16. The second kappa shape index (κ2) is 4.80. The van der Waals surface area contributed by atoms with Crippen molar-refractivity contribution in [3.8, 4) is 0 Å². The van der Waals surface area contributed by atoms with E-state index in [1.165, 1.54) is 12.8 Å². The SMILES string of the molecule is CCCC1NC(O)NC1CCC. The first-order chi connectivity index (χ1) is 5.77. The van der Waals surface area contributed by atoms with Gasteiger partial charge in [0.15, 0.2) is 6.35 Å². The largest absolute Gasteiger partial charge is 0.365 e. The van der Waals surface area contributed by atoms with E-state index in [-0.39, 0.29) is 0 Å². The van der Waals surface area contributed by atoms with Gasteiger partial charge in [0.1, 0.15) is 0 Å². The number of hydrogen-bond acceptors (Lipinski definition) is 3. The molecule has 0 aromatic heterocycles. The molecule has 0 aromatic carbocycles. The molecule has 1 aliphatic rings. The summed E-state index contributed by atoms with van der Waals surface area (Å²) < 4.78 is 0. The van der Waals surface area contributed by atoms with Crippen molar-refractivity contribution in [2.24, 2.45) is 0 Å². The van der Waals surface area contributed by atoms with Crippen LogP contribution in [0.4, 0.5) is 0 Å². The van der Waals surface area contributed by atoms with E-state index in [1.54, 1.807) is 0 Å². The van der Waals surface area contributed by atoms with E-state index in [0.29, 0.717) is 12.1 Å². The summed E-state index contributed by atoms with van der Waals surface area (Å²) in [4.78, 5) is 0. The quantitative estimate of drug-likeness (QED) is 0.587. The Labute approximate surface area is 74.5 Å². The summed E-state index contributed by atoms with van der Waals surface area (Å²) in [5.41, 5.74) is 0. The summed E-state index contributed by atoms with van der Waals surface area (Å²) in [6.45, 7) is 4.35. The molecule has 0 amide bonds. The molecule has 12 heavy (non-hydrogen) atoms. The van der Waals surface area contributed by atoms with Crippen molar-refractivity contribution in [3.63, 3.8) is 0 Å². The lowest BCUT2D eigenvalue weighted by atomic mass is 10.0. The van der Waals surface area contributed by atoms with Crippen LogP contribution < -0.4 is 10.6 Å². The van der Waals surface area contributed by atoms with Crippen LogP contribution in [0.15, 0.2) is 0 Å². The Morgan fingerprint density at radius 2 is 1.42 bits per heavy atom. The third-order valence-corrected chi connectivity index (χ3v) is 2.43. The van der Waals surface area contributed by atoms with Crippen molar-refractivity contribution in [3.05, 3.63) is 0 Å². The van der Waals surface area contributed by atoms with Gasteiger partial charge >= 0.3 is 0 Å². The Morgan fingerprint density at radius 1 is 1.00 bits per heavy atom. The monoisotopic (exact) mass is 172 g/mol. The van der Waals surface area contributed by atoms with Gasteiger partial charge in [0.25, 0.3) is 0 Å². The van der Waals surface area contributed by atoms with E-state index < -0.39 is 6.35 Å². The maximum absolute atomic E-state index is 9.30. The molecule has 0 bridgehead atoms. The fourth-order valence-electron chi connectivity index (χ4n) is 1.88. The lowest BCUT2D eigenvalue weighted by molar-refractivity contribution is 0.130. The molecule has 3 N–H and O–H groups in total. The number of aliphatic hydroxyl groups excluding tert-OH is 1. The first kappa shape index (κ1) is 9.96. The van der Waals surface area contributed by atoms with Crippen molar-refractivity contribution in [1.82, 2.24) is 10.6 Å². The van der Waals surface area contributed by atoms with Gasteiger partial charge in [-0.25, -0.2) is 0 Å². The smallest absolute Gasteiger partial charge is 0.161 e. The van der Waals surface area contributed by atoms with Crippen LogP contribution in [-0.4, -0.2) is 23.5 Å². The maximum atomic E-state index is 9.30. The van der Waals surface area contributed by atoms with E-state index in [9.17, 15) is 5.11 Å². The van der Waals surface area contributed by atoms with Crippen LogP contribution >= 0.6 is 0 Å². The van der Waals surface area contributed by atoms with Crippen LogP contribution in [0.5, 0.6) is 0 Å². The minimum Gasteiger partial charge on any atom is -0.365 e. The molecule has 1 rings (SSSR count). The lowest BCUT2D eigenvalue weighted by Crippen LogP contribution is -2.33. The molecule has 1 saturated heterocycles. The average molecular weight is 172 g/mol. The zero-order chi connectivity index (χ0) is 8.97. The molecule has 1 heterocycles. The minimum absolute atomic E-state index is 0.463. The van der Waals surface area contributed by atoms with Crippen LogP contribution in [0, 0.1) is 0 Å². The van der Waals surface area contributed by atoms with Crippen LogP contribution in [0.2, 0.25) is 0 Å². The molecule has 3 heteroatoms. The highest BCUT2D eigenvalue weighted by molar-refractivity contribution is 4.88. The van der Waals surface area contributed by atoms with Crippen LogP contribution in [0.25, 0.3) is 0 Å². The second-order valence-corrected chi connectivity index (χ2v) is 3.53. The van der Waals surface area contributed by atoms with Gasteiger partial charge in [-0.1, -0.05) is 26.7 Å². The van der Waals surface area contributed by atoms with Gasteiger partial charge in [-0.3, -0.25) is 10.6 Å². The van der Waals surface area contributed by atoms with Gasteiger partial charge in [-0.05, 0) is 12.8 Å². The number of rotatable bonds is 4. The summed E-state index contributed by atoms with van der Waals surface area (Å²) in [5.74, 6) is 0. The van der Waals surface area contributed by atoms with Gasteiger partial charge in [0.05, 0.1) is 0 Å². The van der Waals surface area contributed by atoms with Gasteiger partial charge in [0, 0.05) is 12.1 Å². The van der Waals surface area contributed by atoms with E-state index in [0.717, 1.165) is 12.8 Å². The van der Waals surface area contributed by atoms with E-state index >= 15 is 0 Å². The predicted molar refractivity (Wildman–Crippen MR) is 49.7 cm³/mol. The number of nitrogens with one attached hydrogen (secondary N) is 2. The molecule has 0 radical (unpaired) electrons. The topological polar surface area (TPSA) is 44.3 Å². The third kappa shape index (κ3) is 2.44. The Hall–Kier alpha value is -0.120. The van der Waals surface area contributed by atoms with Gasteiger partial charge in [-0.15, -0.1) is 0 Å². The van der Waals surface area contributed by atoms with Gasteiger partial charge in [0.2, 0.25) is 0 Å². The molecule has 2 atom stereocenters. The van der Waals surface area contributed by atoms with Crippen molar-refractivity contribution in [2.45, 2.75) is 58.0 Å². The standard InChI is InChI=1S/C9H20N2O/c1-3-5-7-8(6-4-2)11-9(12)10-7/h7-12H,3-6H2,1-2H3. The Morgan fingerprint density at radius 3 is 1.75 bits per heavy atom. The van der Waals surface area contributed by atoms with Gasteiger partial charge < -0.3 is 5.11 Å². The van der Waals surface area contributed by atoms with E-state index in [2.05, 4.69) is 24.5 Å². The van der Waals surface area contributed by atoms with Gasteiger partial charge in [-0.2, -0.15) is 0 Å². The summed E-state index contributed by atoms with van der Waals surface area (Å²) >= 11 is 0. The molecular formula is C9H20N2O. The van der Waals surface area contributed by atoms with Crippen molar-refractivity contribution >= 4 is 0 Å². The molecule has 0 saturated carbocycles. The molecule has 72 valence electrons. The highest BCUT2D eigenvalue weighted by atomic mass is 16.3. The van der Waals surface area contributed by atoms with E-state index in [4.69, 9.17) is 0 Å². The highest BCUT2D eigenvalue weighted by Crippen LogP contribution is 2.13. The molecule has 0 spiro atoms. The van der Waals surface area contributed by atoms with Crippen molar-refractivity contribution in [2.75, 3.05) is 0 Å². The fourth-order valence-corrected chi connectivity index (χ4v) is 1.88. The van der Waals surface area contributed by atoms with Crippen molar-refractivity contribution < 1.29 is 5.11 Å². The summed E-state index contributed by atoms with van der Waals surface area (Å²) in [6.07, 6.45) is 4.15. The zero-order valence-corrected chi connectivity index (χ0v) is 8.01. The third-order valence-electron chi connectivity index (χ3n) is 2.43. The molecule has 0 aliphatic carbocycles. The predicted octanol–water partition coefficient (Wildman–Crippen LogP) is 0.792.